The second-order valence-electron chi connectivity index (χ2n) is 8.70. The van der Waals surface area contributed by atoms with Crippen LogP contribution >= 0.6 is 0 Å². The van der Waals surface area contributed by atoms with Crippen molar-refractivity contribution in [1.29, 1.82) is 0 Å². The number of aryl methyl sites for hydroxylation is 3. The number of halogens is 2. The number of aromatic amines is 1. The number of H-pyrrole nitrogens is 1. The first-order valence-corrected chi connectivity index (χ1v) is 11.5. The number of ether oxygens (including phenoxy) is 1. The number of benzene rings is 3. The van der Waals surface area contributed by atoms with Crippen LogP contribution in [0.15, 0.2) is 54.6 Å². The fourth-order valence-electron chi connectivity index (χ4n) is 4.15. The number of hydrogen-bond donors (Lipinski definition) is 3. The van der Waals surface area contributed by atoms with Gasteiger partial charge in [0.15, 0.2) is 0 Å². The first-order chi connectivity index (χ1) is 17.2. The molecule has 1 amide bonds. The Morgan fingerprint density at radius 1 is 0.944 bits per heavy atom. The van der Waals surface area contributed by atoms with Gasteiger partial charge >= 0.3 is 5.97 Å². The third-order valence-electron chi connectivity index (χ3n) is 6.04. The Morgan fingerprint density at radius 3 is 2.50 bits per heavy atom. The number of rotatable bonds is 9. The second-order valence-corrected chi connectivity index (χ2v) is 8.70. The van der Waals surface area contributed by atoms with E-state index < -0.39 is 11.8 Å². The minimum absolute atomic E-state index is 0.0449. The minimum Gasteiger partial charge on any atom is -0.481 e. The number of fused-ring (bicyclic) bond motifs is 1. The van der Waals surface area contributed by atoms with Gasteiger partial charge in [-0.3, -0.25) is 9.59 Å². The van der Waals surface area contributed by atoms with Crippen molar-refractivity contribution in [2.45, 2.75) is 33.1 Å². The van der Waals surface area contributed by atoms with E-state index >= 15 is 0 Å². The summed E-state index contributed by atoms with van der Waals surface area (Å²) in [5.41, 5.74) is 4.15. The van der Waals surface area contributed by atoms with Crippen molar-refractivity contribution in [1.82, 2.24) is 10.3 Å². The number of carbonyl (C=O) groups is 2. The first kappa shape index (κ1) is 24.9. The minimum atomic E-state index is -0.856. The van der Waals surface area contributed by atoms with Gasteiger partial charge in [-0.25, -0.2) is 8.78 Å². The molecule has 6 nitrogen and oxygen atoms in total. The van der Waals surface area contributed by atoms with Crippen LogP contribution in [0.3, 0.4) is 0 Å². The average molecular weight is 493 g/mol. The largest absolute Gasteiger partial charge is 0.481 e. The summed E-state index contributed by atoms with van der Waals surface area (Å²) < 4.78 is 33.6. The predicted molar refractivity (Wildman–Crippen MR) is 133 cm³/mol. The van der Waals surface area contributed by atoms with Gasteiger partial charge in [-0.15, -0.1) is 0 Å². The standard InChI is InChI=1S/C28H26F2N2O4/c1-16-11-22(6-3-19(16)4-8-26(33)34)36-23-13-18(12-21(30)14-23)9-10-31-28(35)27-17(2)24-15-20(29)5-7-25(24)32-27/h3,5-7,11-15,32H,4,8-10H2,1-2H3,(H,31,35)(H,33,34). The van der Waals surface area contributed by atoms with Gasteiger partial charge in [0.1, 0.15) is 28.8 Å². The van der Waals surface area contributed by atoms with Gasteiger partial charge < -0.3 is 20.1 Å². The molecule has 1 aromatic heterocycles. The van der Waals surface area contributed by atoms with Crippen LogP contribution in [-0.2, 0) is 17.6 Å². The molecule has 0 aliphatic rings. The van der Waals surface area contributed by atoms with Crippen molar-refractivity contribution >= 4 is 22.8 Å². The number of amides is 1. The fourth-order valence-corrected chi connectivity index (χ4v) is 4.15. The maximum atomic E-state index is 14.2. The molecule has 4 aromatic rings. The molecule has 0 spiro atoms. The topological polar surface area (TPSA) is 91.4 Å². The zero-order valence-electron chi connectivity index (χ0n) is 20.0. The number of aliphatic carboxylic acids is 1. The zero-order valence-corrected chi connectivity index (χ0v) is 20.0. The van der Waals surface area contributed by atoms with Gasteiger partial charge in [0.25, 0.3) is 5.91 Å². The predicted octanol–water partition coefficient (Wildman–Crippen LogP) is 5.84. The molecule has 0 fully saturated rings. The molecule has 0 aliphatic carbocycles. The molecule has 186 valence electrons. The number of hydrogen-bond acceptors (Lipinski definition) is 3. The second kappa shape index (κ2) is 10.6. The van der Waals surface area contributed by atoms with Crippen LogP contribution in [0.5, 0.6) is 11.5 Å². The summed E-state index contributed by atoms with van der Waals surface area (Å²) in [6, 6.07) is 14.0. The number of carbonyl (C=O) groups excluding carboxylic acids is 1. The van der Waals surface area contributed by atoms with Gasteiger partial charge in [0.05, 0.1) is 0 Å². The highest BCUT2D eigenvalue weighted by atomic mass is 19.1. The molecule has 0 bridgehead atoms. The van der Waals surface area contributed by atoms with Crippen molar-refractivity contribution in [3.8, 4) is 11.5 Å². The van der Waals surface area contributed by atoms with Gasteiger partial charge in [-0.1, -0.05) is 6.07 Å². The van der Waals surface area contributed by atoms with E-state index in [1.807, 2.05) is 13.0 Å². The Morgan fingerprint density at radius 2 is 1.75 bits per heavy atom. The summed E-state index contributed by atoms with van der Waals surface area (Å²) in [6.07, 6.45) is 0.844. The van der Waals surface area contributed by atoms with E-state index in [1.54, 1.807) is 31.2 Å². The normalized spacial score (nSPS) is 11.0. The van der Waals surface area contributed by atoms with Crippen LogP contribution in [0, 0.1) is 25.5 Å². The van der Waals surface area contributed by atoms with E-state index in [0.29, 0.717) is 52.1 Å². The highest BCUT2D eigenvalue weighted by Gasteiger charge is 2.15. The average Bonchev–Trinajstić information content (AvgIpc) is 3.14. The van der Waals surface area contributed by atoms with Crippen molar-refractivity contribution in [3.05, 3.63) is 94.2 Å². The van der Waals surface area contributed by atoms with Crippen LogP contribution in [0.1, 0.15) is 39.2 Å². The van der Waals surface area contributed by atoms with E-state index in [0.717, 1.165) is 11.1 Å². The van der Waals surface area contributed by atoms with E-state index in [4.69, 9.17) is 9.84 Å². The molecule has 3 N–H and O–H groups in total. The number of carboxylic acid groups (broad SMARTS) is 1. The van der Waals surface area contributed by atoms with Crippen LogP contribution in [0.2, 0.25) is 0 Å². The molecular formula is C28H26F2N2O4. The van der Waals surface area contributed by atoms with Crippen LogP contribution in [0.25, 0.3) is 10.9 Å². The molecule has 8 heteroatoms. The molecule has 0 radical (unpaired) electrons. The molecule has 0 unspecified atom stereocenters. The Kier molecular flexibility index (Phi) is 7.33. The summed E-state index contributed by atoms with van der Waals surface area (Å²) in [5, 5.41) is 12.3. The molecule has 0 saturated heterocycles. The van der Waals surface area contributed by atoms with Gasteiger partial charge in [-0.2, -0.15) is 0 Å². The first-order valence-electron chi connectivity index (χ1n) is 11.5. The van der Waals surface area contributed by atoms with Crippen LogP contribution in [0.4, 0.5) is 8.78 Å². The highest BCUT2D eigenvalue weighted by molar-refractivity contribution is 6.00. The molecular weight excluding hydrogens is 466 g/mol. The van der Waals surface area contributed by atoms with E-state index in [1.165, 1.54) is 24.3 Å². The van der Waals surface area contributed by atoms with Gasteiger partial charge in [0, 0.05) is 29.9 Å². The highest BCUT2D eigenvalue weighted by Crippen LogP contribution is 2.27. The third-order valence-corrected chi connectivity index (χ3v) is 6.04. The van der Waals surface area contributed by atoms with E-state index in [2.05, 4.69) is 10.3 Å². The van der Waals surface area contributed by atoms with Crippen LogP contribution in [-0.4, -0.2) is 28.5 Å². The Balaban J connectivity index is 1.39. The van der Waals surface area contributed by atoms with E-state index in [-0.39, 0.29) is 24.7 Å². The van der Waals surface area contributed by atoms with E-state index in [9.17, 15) is 18.4 Å². The Labute approximate surface area is 206 Å². The number of nitrogens with one attached hydrogen (secondary N) is 2. The Hall–Kier alpha value is -4.20. The smallest absolute Gasteiger partial charge is 0.303 e. The molecule has 0 atom stereocenters. The van der Waals surface area contributed by atoms with Crippen LogP contribution < -0.4 is 10.1 Å². The lowest BCUT2D eigenvalue weighted by atomic mass is 10.0. The van der Waals surface area contributed by atoms with Crippen molar-refractivity contribution in [3.63, 3.8) is 0 Å². The summed E-state index contributed by atoms with van der Waals surface area (Å²) in [4.78, 5) is 26.5. The molecule has 3 aromatic carbocycles. The number of carboxylic acids is 1. The summed E-state index contributed by atoms with van der Waals surface area (Å²) >= 11 is 0. The van der Waals surface area contributed by atoms with Crippen molar-refractivity contribution in [2.75, 3.05) is 6.54 Å². The SMILES string of the molecule is Cc1cc(Oc2cc(F)cc(CCNC(=O)c3[nH]c4ccc(F)cc4c3C)c2)ccc1CCC(=O)O. The molecule has 0 aliphatic heterocycles. The molecule has 0 saturated carbocycles. The monoisotopic (exact) mass is 492 g/mol. The van der Waals surface area contributed by atoms with Crippen molar-refractivity contribution in [2.24, 2.45) is 0 Å². The quantitative estimate of drug-likeness (QED) is 0.274. The summed E-state index contributed by atoms with van der Waals surface area (Å²) in [7, 11) is 0. The summed E-state index contributed by atoms with van der Waals surface area (Å²) in [6.45, 7) is 3.89. The Bertz CT molecular complexity index is 1450. The lowest BCUT2D eigenvalue weighted by Crippen LogP contribution is -2.26. The zero-order chi connectivity index (χ0) is 25.8. The lowest BCUT2D eigenvalue weighted by molar-refractivity contribution is -0.136. The maximum Gasteiger partial charge on any atom is 0.303 e. The van der Waals surface area contributed by atoms with Gasteiger partial charge in [0.2, 0.25) is 0 Å². The van der Waals surface area contributed by atoms with Gasteiger partial charge in [-0.05, 0) is 91.4 Å². The summed E-state index contributed by atoms with van der Waals surface area (Å²) in [5.74, 6) is -1.17. The lowest BCUT2D eigenvalue weighted by Gasteiger charge is -2.11. The molecule has 36 heavy (non-hydrogen) atoms. The number of aromatic nitrogens is 1. The molecule has 1 heterocycles. The molecule has 4 rings (SSSR count). The van der Waals surface area contributed by atoms with Crippen molar-refractivity contribution < 1.29 is 28.2 Å². The third kappa shape index (κ3) is 5.89. The fraction of sp³-hybridized carbons (Fsp3) is 0.214. The maximum absolute atomic E-state index is 14.2.